The normalized spacial score (nSPS) is 10.9. The van der Waals surface area contributed by atoms with Crippen molar-refractivity contribution in [3.63, 3.8) is 0 Å². The van der Waals surface area contributed by atoms with Gasteiger partial charge in [-0.25, -0.2) is 4.98 Å². The van der Waals surface area contributed by atoms with Crippen LogP contribution >= 0.6 is 23.6 Å². The van der Waals surface area contributed by atoms with Gasteiger partial charge >= 0.3 is 0 Å². The summed E-state index contributed by atoms with van der Waals surface area (Å²) in [5, 5.41) is 1.06. The number of hydrogen-bond acceptors (Lipinski definition) is 4. The zero-order valence-corrected chi connectivity index (χ0v) is 10.2. The fraction of sp³-hybridized carbons (Fsp3) is 0.556. The van der Waals surface area contributed by atoms with E-state index in [1.165, 1.54) is 0 Å². The molecule has 2 N–H and O–H groups in total. The molecule has 3 nitrogen and oxygen atoms in total. The van der Waals surface area contributed by atoms with Gasteiger partial charge in [-0.15, -0.1) is 11.3 Å². The van der Waals surface area contributed by atoms with Crippen LogP contribution in [0.1, 0.15) is 35.3 Å². The summed E-state index contributed by atoms with van der Waals surface area (Å²) >= 11 is 6.51. The minimum atomic E-state index is 0.402. The second-order valence-electron chi connectivity index (χ2n) is 3.28. The first-order valence-corrected chi connectivity index (χ1v) is 5.57. The molecule has 5 heteroatoms. The van der Waals surface area contributed by atoms with E-state index in [2.05, 4.69) is 18.8 Å². The maximum absolute atomic E-state index is 5.60. The number of aromatic nitrogens is 1. The molecule has 1 aromatic heterocycles. The molecule has 0 fully saturated rings. The lowest BCUT2D eigenvalue weighted by Crippen LogP contribution is -2.10. The average Bonchev–Trinajstić information content (AvgIpc) is 2.49. The summed E-state index contributed by atoms with van der Waals surface area (Å²) in [5.41, 5.74) is 6.46. The summed E-state index contributed by atoms with van der Waals surface area (Å²) in [6, 6.07) is 0. The van der Waals surface area contributed by atoms with E-state index in [1.807, 2.05) is 0 Å². The molecule has 0 saturated carbocycles. The minimum absolute atomic E-state index is 0.402. The van der Waals surface area contributed by atoms with Crippen LogP contribution in [0.2, 0.25) is 0 Å². The number of thiocarbonyl (C=S) groups is 1. The second-order valence-corrected chi connectivity index (χ2v) is 4.75. The molecule has 0 saturated heterocycles. The highest BCUT2D eigenvalue weighted by molar-refractivity contribution is 7.81. The van der Waals surface area contributed by atoms with Gasteiger partial charge in [0.05, 0.1) is 22.2 Å². The number of hydrogen-bond donors (Lipinski definition) is 1. The topological polar surface area (TPSA) is 48.1 Å². The Morgan fingerprint density at radius 2 is 2.29 bits per heavy atom. The van der Waals surface area contributed by atoms with Crippen molar-refractivity contribution in [3.05, 3.63) is 15.6 Å². The largest absolute Gasteiger partial charge is 0.389 e. The van der Waals surface area contributed by atoms with Gasteiger partial charge in [-0.05, 0) is 0 Å². The van der Waals surface area contributed by atoms with Gasteiger partial charge < -0.3 is 10.5 Å². The van der Waals surface area contributed by atoms with Gasteiger partial charge in [0.15, 0.2) is 0 Å². The van der Waals surface area contributed by atoms with E-state index in [9.17, 15) is 0 Å². The Kier molecular flexibility index (Phi) is 3.97. The molecule has 0 bridgehead atoms. The van der Waals surface area contributed by atoms with E-state index in [1.54, 1.807) is 18.4 Å². The van der Waals surface area contributed by atoms with Gasteiger partial charge in [0.25, 0.3) is 0 Å². The lowest BCUT2D eigenvalue weighted by atomic mass is 10.2. The second kappa shape index (κ2) is 4.82. The van der Waals surface area contributed by atoms with E-state index in [-0.39, 0.29) is 0 Å². The van der Waals surface area contributed by atoms with Gasteiger partial charge in [0, 0.05) is 13.0 Å². The fourth-order valence-electron chi connectivity index (χ4n) is 1.04. The quantitative estimate of drug-likeness (QED) is 0.804. The molecule has 0 aliphatic heterocycles. The maximum atomic E-state index is 5.60. The number of ether oxygens (including phenoxy) is 1. The third kappa shape index (κ3) is 2.50. The summed E-state index contributed by atoms with van der Waals surface area (Å²) in [6.07, 6.45) is 0. The van der Waals surface area contributed by atoms with E-state index in [4.69, 9.17) is 22.7 Å². The van der Waals surface area contributed by atoms with E-state index in [0.29, 0.717) is 17.5 Å². The Labute approximate surface area is 93.3 Å². The van der Waals surface area contributed by atoms with Gasteiger partial charge in [0.2, 0.25) is 0 Å². The first-order chi connectivity index (χ1) is 6.56. The molecule has 1 aromatic rings. The molecule has 0 unspecified atom stereocenters. The maximum Gasteiger partial charge on any atom is 0.116 e. The third-order valence-corrected chi connectivity index (χ3v) is 3.48. The van der Waals surface area contributed by atoms with Gasteiger partial charge in [-0.1, -0.05) is 26.1 Å². The molecule has 78 valence electrons. The first-order valence-electron chi connectivity index (χ1n) is 4.34. The van der Waals surface area contributed by atoms with Crippen LogP contribution in [0.3, 0.4) is 0 Å². The molecule has 0 aliphatic rings. The molecule has 0 spiro atoms. The summed E-state index contributed by atoms with van der Waals surface area (Å²) < 4.78 is 5.04. The smallest absolute Gasteiger partial charge is 0.116 e. The van der Waals surface area contributed by atoms with Crippen LogP contribution < -0.4 is 5.73 Å². The Morgan fingerprint density at radius 1 is 1.64 bits per heavy atom. The van der Waals surface area contributed by atoms with Gasteiger partial charge in [-0.3, -0.25) is 0 Å². The van der Waals surface area contributed by atoms with Crippen LogP contribution in [-0.2, 0) is 11.3 Å². The molecule has 0 radical (unpaired) electrons. The highest BCUT2D eigenvalue weighted by Gasteiger charge is 2.14. The van der Waals surface area contributed by atoms with Crippen molar-refractivity contribution >= 4 is 28.5 Å². The average molecular weight is 230 g/mol. The molecule has 1 heterocycles. The molecular weight excluding hydrogens is 216 g/mol. The Bertz CT molecular complexity index is 334. The van der Waals surface area contributed by atoms with E-state index in [0.717, 1.165) is 15.6 Å². The number of methoxy groups -OCH3 is 1. The zero-order valence-electron chi connectivity index (χ0n) is 8.53. The van der Waals surface area contributed by atoms with Crippen molar-refractivity contribution in [2.24, 2.45) is 5.73 Å². The SMILES string of the molecule is COCc1nc(C(C)C)sc1C(N)=S. The molecule has 0 atom stereocenters. The number of thiazole rings is 1. The third-order valence-electron chi connectivity index (χ3n) is 1.71. The van der Waals surface area contributed by atoms with E-state index >= 15 is 0 Å². The Hall–Kier alpha value is -0.520. The molecule has 0 aliphatic carbocycles. The molecule has 0 aromatic carbocycles. The number of nitrogens with two attached hydrogens (primary N) is 1. The van der Waals surface area contributed by atoms with Crippen molar-refractivity contribution in [2.75, 3.05) is 7.11 Å². The van der Waals surface area contributed by atoms with Crippen LogP contribution in [0.4, 0.5) is 0 Å². The predicted octanol–water partition coefficient (Wildman–Crippen LogP) is 2.05. The molecule has 14 heavy (non-hydrogen) atoms. The van der Waals surface area contributed by atoms with Crippen LogP contribution in [-0.4, -0.2) is 17.1 Å². The zero-order chi connectivity index (χ0) is 10.7. The van der Waals surface area contributed by atoms with E-state index < -0.39 is 0 Å². The van der Waals surface area contributed by atoms with Crippen LogP contribution in [0.25, 0.3) is 0 Å². The lowest BCUT2D eigenvalue weighted by molar-refractivity contribution is 0.181. The Balaban J connectivity index is 3.05. The highest BCUT2D eigenvalue weighted by atomic mass is 32.1. The fourth-order valence-corrected chi connectivity index (χ4v) is 2.21. The van der Waals surface area contributed by atoms with Crippen molar-refractivity contribution in [1.82, 2.24) is 4.98 Å². The lowest BCUT2D eigenvalue weighted by Gasteiger charge is -1.97. The number of rotatable bonds is 4. The molecule has 1 rings (SSSR count). The Morgan fingerprint density at radius 3 is 2.71 bits per heavy atom. The number of nitrogens with zero attached hydrogens (tertiary/aromatic N) is 1. The van der Waals surface area contributed by atoms with Crippen LogP contribution in [0.5, 0.6) is 0 Å². The molecule has 0 amide bonds. The summed E-state index contributed by atoms with van der Waals surface area (Å²) in [7, 11) is 1.64. The van der Waals surface area contributed by atoms with Crippen molar-refractivity contribution in [2.45, 2.75) is 26.4 Å². The molecular formula is C9H14N2OS2. The monoisotopic (exact) mass is 230 g/mol. The van der Waals surface area contributed by atoms with Crippen LogP contribution in [0, 0.1) is 0 Å². The minimum Gasteiger partial charge on any atom is -0.389 e. The summed E-state index contributed by atoms with van der Waals surface area (Å²) in [6.45, 7) is 4.66. The summed E-state index contributed by atoms with van der Waals surface area (Å²) in [4.78, 5) is 5.73. The highest BCUT2D eigenvalue weighted by Crippen LogP contribution is 2.25. The van der Waals surface area contributed by atoms with Crippen molar-refractivity contribution in [1.29, 1.82) is 0 Å². The van der Waals surface area contributed by atoms with Crippen molar-refractivity contribution < 1.29 is 4.74 Å². The predicted molar refractivity (Wildman–Crippen MR) is 62.8 cm³/mol. The van der Waals surface area contributed by atoms with Crippen molar-refractivity contribution in [3.8, 4) is 0 Å². The first kappa shape index (κ1) is 11.6. The standard InChI is InChI=1S/C9H14N2OS2/c1-5(2)9-11-6(4-12-3)7(14-9)8(10)13/h5H,4H2,1-3H3,(H2,10,13). The van der Waals surface area contributed by atoms with Crippen LogP contribution in [0.15, 0.2) is 0 Å². The van der Waals surface area contributed by atoms with Gasteiger partial charge in [-0.2, -0.15) is 0 Å². The summed E-state index contributed by atoms with van der Waals surface area (Å²) in [5.74, 6) is 0.402. The van der Waals surface area contributed by atoms with Gasteiger partial charge in [0.1, 0.15) is 4.99 Å².